The van der Waals surface area contributed by atoms with Crippen molar-refractivity contribution in [2.45, 2.75) is 31.6 Å². The normalized spacial score (nSPS) is 20.2. The molecule has 0 aliphatic carbocycles. The largest absolute Gasteiger partial charge is 0.454 e. The van der Waals surface area contributed by atoms with Gasteiger partial charge in [-0.15, -0.1) is 11.8 Å². The Balaban J connectivity index is 1.60. The van der Waals surface area contributed by atoms with Crippen LogP contribution in [0.1, 0.15) is 29.4 Å². The highest BCUT2D eigenvalue weighted by atomic mass is 32.2. The number of ether oxygens (including phenoxy) is 1. The lowest BCUT2D eigenvalue weighted by Crippen LogP contribution is -2.26. The molecule has 8 heteroatoms. The Labute approximate surface area is 156 Å². The number of Topliss-reactive ketones (excluding diaryl/α,β-unsaturated/α-hetero) is 1. The van der Waals surface area contributed by atoms with Crippen LogP contribution in [0.5, 0.6) is 0 Å². The summed E-state index contributed by atoms with van der Waals surface area (Å²) in [4.78, 5) is 27.9. The maximum absolute atomic E-state index is 12.7. The van der Waals surface area contributed by atoms with E-state index in [9.17, 15) is 18.0 Å². The second-order valence-corrected chi connectivity index (χ2v) is 10.0. The maximum Gasteiger partial charge on any atom is 0.316 e. The van der Waals surface area contributed by atoms with Crippen molar-refractivity contribution in [2.75, 3.05) is 17.3 Å². The molecule has 1 aromatic carbocycles. The summed E-state index contributed by atoms with van der Waals surface area (Å²) in [5.74, 6) is -0.424. The Morgan fingerprint density at radius 1 is 1.35 bits per heavy atom. The first kappa shape index (κ1) is 19.0. The quantitative estimate of drug-likeness (QED) is 0.597. The zero-order valence-corrected chi connectivity index (χ0v) is 16.3. The van der Waals surface area contributed by atoms with Crippen molar-refractivity contribution >= 4 is 44.3 Å². The molecule has 0 amide bonds. The monoisotopic (exact) mass is 395 g/mol. The van der Waals surface area contributed by atoms with Gasteiger partial charge in [0.25, 0.3) is 0 Å². The number of aromatic nitrogens is 1. The van der Waals surface area contributed by atoms with Crippen molar-refractivity contribution in [1.29, 1.82) is 0 Å². The summed E-state index contributed by atoms with van der Waals surface area (Å²) in [6.45, 7) is 3.38. The van der Waals surface area contributed by atoms with Crippen LogP contribution < -0.4 is 0 Å². The van der Waals surface area contributed by atoms with Crippen LogP contribution in [-0.4, -0.2) is 53.8 Å². The molecule has 1 aliphatic rings. The van der Waals surface area contributed by atoms with Gasteiger partial charge in [-0.1, -0.05) is 18.2 Å². The van der Waals surface area contributed by atoms with Crippen LogP contribution >= 0.6 is 11.8 Å². The number of aromatic amines is 1. The molecular weight excluding hydrogens is 374 g/mol. The van der Waals surface area contributed by atoms with Crippen LogP contribution in [0.2, 0.25) is 0 Å². The standard InChI is InChI=1S/C18H21NO5S2/c1-11-17(14-5-3-4-6-15(14)19-11)18(21)12(2)24-16(20)9-25-13-7-8-26(22,23)10-13/h3-6,12-13,19H,7-10H2,1-2H3/t12-,13-/m0/s1. The number of hydrogen-bond donors (Lipinski definition) is 1. The fourth-order valence-electron chi connectivity index (χ4n) is 3.16. The number of carbonyl (C=O) groups is 2. The number of nitrogens with one attached hydrogen (secondary N) is 1. The molecule has 0 bridgehead atoms. The summed E-state index contributed by atoms with van der Waals surface area (Å²) in [6.07, 6.45) is -0.336. The third-order valence-corrected chi connectivity index (χ3v) is 7.70. The van der Waals surface area contributed by atoms with Gasteiger partial charge in [-0.3, -0.25) is 9.59 Å². The smallest absolute Gasteiger partial charge is 0.316 e. The molecule has 2 heterocycles. The fraction of sp³-hybridized carbons (Fsp3) is 0.444. The Bertz CT molecular complexity index is 948. The van der Waals surface area contributed by atoms with E-state index in [1.165, 1.54) is 11.8 Å². The van der Waals surface area contributed by atoms with Crippen LogP contribution in [-0.2, 0) is 19.4 Å². The van der Waals surface area contributed by atoms with Gasteiger partial charge in [-0.25, -0.2) is 8.42 Å². The van der Waals surface area contributed by atoms with Gasteiger partial charge in [0.2, 0.25) is 5.78 Å². The van der Waals surface area contributed by atoms with E-state index >= 15 is 0 Å². The Hall–Kier alpha value is -1.80. The fourth-order valence-corrected chi connectivity index (χ4v) is 6.58. The van der Waals surface area contributed by atoms with Crippen LogP contribution in [0.3, 0.4) is 0 Å². The highest BCUT2D eigenvalue weighted by Crippen LogP contribution is 2.26. The van der Waals surface area contributed by atoms with Crippen molar-refractivity contribution in [3.63, 3.8) is 0 Å². The van der Waals surface area contributed by atoms with Crippen LogP contribution in [0, 0.1) is 6.92 Å². The molecule has 2 aromatic rings. The minimum Gasteiger partial charge on any atom is -0.454 e. The lowest BCUT2D eigenvalue weighted by Gasteiger charge is -2.13. The summed E-state index contributed by atoms with van der Waals surface area (Å²) >= 11 is 1.28. The molecule has 1 fully saturated rings. The van der Waals surface area contributed by atoms with Crippen LogP contribution in [0.25, 0.3) is 10.9 Å². The second-order valence-electron chi connectivity index (χ2n) is 6.50. The van der Waals surface area contributed by atoms with Gasteiger partial charge >= 0.3 is 5.97 Å². The molecule has 0 saturated carbocycles. The maximum atomic E-state index is 12.7. The summed E-state index contributed by atoms with van der Waals surface area (Å²) in [6, 6.07) is 7.49. The Morgan fingerprint density at radius 3 is 2.77 bits per heavy atom. The highest BCUT2D eigenvalue weighted by Gasteiger charge is 2.29. The number of ketones is 1. The zero-order chi connectivity index (χ0) is 18.9. The number of benzene rings is 1. The molecule has 1 aliphatic heterocycles. The van der Waals surface area contributed by atoms with E-state index in [1.54, 1.807) is 6.92 Å². The molecule has 2 atom stereocenters. The molecule has 140 valence electrons. The van der Waals surface area contributed by atoms with E-state index in [4.69, 9.17) is 4.74 Å². The van der Waals surface area contributed by atoms with Gasteiger partial charge in [0, 0.05) is 27.4 Å². The number of sulfone groups is 1. The lowest BCUT2D eigenvalue weighted by molar-refractivity contribution is -0.143. The molecular formula is C18H21NO5S2. The lowest BCUT2D eigenvalue weighted by atomic mass is 10.0. The number of H-pyrrole nitrogens is 1. The molecule has 1 saturated heterocycles. The van der Waals surface area contributed by atoms with Crippen molar-refractivity contribution in [3.8, 4) is 0 Å². The minimum absolute atomic E-state index is 0.0463. The average Bonchev–Trinajstić information content (AvgIpc) is 3.10. The average molecular weight is 396 g/mol. The third-order valence-electron chi connectivity index (χ3n) is 4.44. The van der Waals surface area contributed by atoms with Gasteiger partial charge < -0.3 is 9.72 Å². The zero-order valence-electron chi connectivity index (χ0n) is 14.7. The van der Waals surface area contributed by atoms with E-state index in [0.29, 0.717) is 12.0 Å². The van der Waals surface area contributed by atoms with Crippen molar-refractivity contribution in [2.24, 2.45) is 0 Å². The van der Waals surface area contributed by atoms with Gasteiger partial charge in [0.05, 0.1) is 17.3 Å². The van der Waals surface area contributed by atoms with Crippen molar-refractivity contribution in [3.05, 3.63) is 35.5 Å². The van der Waals surface area contributed by atoms with Gasteiger partial charge in [0.15, 0.2) is 15.9 Å². The summed E-state index contributed by atoms with van der Waals surface area (Å²) in [5, 5.41) is 0.734. The first-order valence-electron chi connectivity index (χ1n) is 8.40. The molecule has 6 nitrogen and oxygen atoms in total. The van der Waals surface area contributed by atoms with E-state index in [1.807, 2.05) is 31.2 Å². The molecule has 1 aromatic heterocycles. The van der Waals surface area contributed by atoms with Gasteiger partial charge in [0.1, 0.15) is 0 Å². The molecule has 3 rings (SSSR count). The molecule has 0 radical (unpaired) electrons. The number of carbonyl (C=O) groups excluding carboxylic acids is 2. The van der Waals surface area contributed by atoms with E-state index < -0.39 is 21.9 Å². The summed E-state index contributed by atoms with van der Waals surface area (Å²) < 4.78 is 28.2. The number of thioether (sulfide) groups is 1. The number of hydrogen-bond acceptors (Lipinski definition) is 6. The van der Waals surface area contributed by atoms with Gasteiger partial charge in [-0.05, 0) is 26.3 Å². The van der Waals surface area contributed by atoms with E-state index in [0.717, 1.165) is 16.6 Å². The number of aryl methyl sites for hydroxylation is 1. The number of para-hydroxylation sites is 1. The predicted molar refractivity (Wildman–Crippen MR) is 102 cm³/mol. The SMILES string of the molecule is Cc1[nH]c2ccccc2c1C(=O)[C@H](C)OC(=O)CS[C@H]1CCS(=O)(=O)C1. The molecule has 0 spiro atoms. The Kier molecular flexibility index (Phi) is 5.43. The first-order chi connectivity index (χ1) is 12.3. The van der Waals surface area contributed by atoms with E-state index in [2.05, 4.69) is 4.98 Å². The van der Waals surface area contributed by atoms with Crippen LogP contribution in [0.4, 0.5) is 0 Å². The summed E-state index contributed by atoms with van der Waals surface area (Å²) in [5.41, 5.74) is 2.14. The van der Waals surface area contributed by atoms with Gasteiger partial charge in [-0.2, -0.15) is 0 Å². The second kappa shape index (κ2) is 7.44. The Morgan fingerprint density at radius 2 is 2.08 bits per heavy atom. The number of fused-ring (bicyclic) bond motifs is 1. The molecule has 0 unspecified atom stereocenters. The number of esters is 1. The summed E-state index contributed by atoms with van der Waals surface area (Å²) in [7, 11) is -2.97. The minimum atomic E-state index is -2.97. The third kappa shape index (κ3) is 4.12. The first-order valence-corrected chi connectivity index (χ1v) is 11.3. The van der Waals surface area contributed by atoms with E-state index in [-0.39, 0.29) is 28.3 Å². The van der Waals surface area contributed by atoms with Crippen molar-refractivity contribution in [1.82, 2.24) is 4.98 Å². The topological polar surface area (TPSA) is 93.3 Å². The number of rotatable bonds is 6. The van der Waals surface area contributed by atoms with Crippen molar-refractivity contribution < 1.29 is 22.7 Å². The highest BCUT2D eigenvalue weighted by molar-refractivity contribution is 8.02. The predicted octanol–water partition coefficient (Wildman–Crippen LogP) is 2.51. The molecule has 1 N–H and O–H groups in total. The van der Waals surface area contributed by atoms with Crippen LogP contribution in [0.15, 0.2) is 24.3 Å². The molecule has 26 heavy (non-hydrogen) atoms.